The highest BCUT2D eigenvalue weighted by molar-refractivity contribution is 6.31. The normalized spacial score (nSPS) is 10.1. The van der Waals surface area contributed by atoms with Crippen LogP contribution >= 0.6 is 0 Å². The Kier molecular flexibility index (Phi) is 4.14. The standard InChI is InChI=1S/C10H12N2O4/c1-15-7-3-4-8(9(5-7)16-2)12-10(13)6-11-14/h3-6,14H,1-2H3,(H,12,13). The zero-order valence-corrected chi connectivity index (χ0v) is 8.93. The summed E-state index contributed by atoms with van der Waals surface area (Å²) in [6.45, 7) is 0. The number of nitrogens with one attached hydrogen (secondary N) is 1. The van der Waals surface area contributed by atoms with Gasteiger partial charge < -0.3 is 20.0 Å². The van der Waals surface area contributed by atoms with Gasteiger partial charge >= 0.3 is 0 Å². The maximum atomic E-state index is 11.1. The smallest absolute Gasteiger partial charge is 0.270 e. The second-order valence-electron chi connectivity index (χ2n) is 2.80. The summed E-state index contributed by atoms with van der Waals surface area (Å²) in [7, 11) is 3.01. The Morgan fingerprint density at radius 1 is 1.44 bits per heavy atom. The fraction of sp³-hybridized carbons (Fsp3) is 0.200. The van der Waals surface area contributed by atoms with Crippen LogP contribution in [0.2, 0.25) is 0 Å². The van der Waals surface area contributed by atoms with E-state index in [1.807, 2.05) is 0 Å². The molecule has 0 bridgehead atoms. The molecule has 1 aromatic carbocycles. The maximum absolute atomic E-state index is 11.1. The highest BCUT2D eigenvalue weighted by Crippen LogP contribution is 2.28. The number of ether oxygens (including phenoxy) is 2. The monoisotopic (exact) mass is 224 g/mol. The summed E-state index contributed by atoms with van der Waals surface area (Å²) in [5.74, 6) is 0.524. The molecule has 0 radical (unpaired) electrons. The fourth-order valence-corrected chi connectivity index (χ4v) is 1.12. The van der Waals surface area contributed by atoms with E-state index in [1.54, 1.807) is 18.2 Å². The van der Waals surface area contributed by atoms with Gasteiger partial charge in [0.15, 0.2) is 0 Å². The number of amides is 1. The molecule has 0 saturated heterocycles. The van der Waals surface area contributed by atoms with Crippen LogP contribution in [0.3, 0.4) is 0 Å². The van der Waals surface area contributed by atoms with Gasteiger partial charge in [0.2, 0.25) is 0 Å². The van der Waals surface area contributed by atoms with Crippen molar-refractivity contribution in [2.45, 2.75) is 0 Å². The Labute approximate surface area is 92.5 Å². The minimum atomic E-state index is -0.550. The molecule has 2 N–H and O–H groups in total. The lowest BCUT2D eigenvalue weighted by Crippen LogP contribution is -2.13. The second kappa shape index (κ2) is 5.59. The van der Waals surface area contributed by atoms with Crippen LogP contribution in [0, 0.1) is 0 Å². The van der Waals surface area contributed by atoms with Gasteiger partial charge in [-0.2, -0.15) is 0 Å². The van der Waals surface area contributed by atoms with Crippen molar-refractivity contribution in [2.75, 3.05) is 19.5 Å². The summed E-state index contributed by atoms with van der Waals surface area (Å²) >= 11 is 0. The molecule has 86 valence electrons. The summed E-state index contributed by atoms with van der Waals surface area (Å²) in [6.07, 6.45) is 0.754. The molecule has 0 aliphatic heterocycles. The second-order valence-corrected chi connectivity index (χ2v) is 2.80. The Balaban J connectivity index is 2.91. The number of benzene rings is 1. The number of hydrogen-bond donors (Lipinski definition) is 2. The summed E-state index contributed by atoms with van der Waals surface area (Å²) in [4.78, 5) is 11.1. The van der Waals surface area contributed by atoms with Gasteiger partial charge in [-0.1, -0.05) is 5.16 Å². The third-order valence-corrected chi connectivity index (χ3v) is 1.84. The lowest BCUT2D eigenvalue weighted by molar-refractivity contribution is -0.110. The molecule has 16 heavy (non-hydrogen) atoms. The predicted octanol–water partition coefficient (Wildman–Crippen LogP) is 1.10. The first kappa shape index (κ1) is 11.8. The van der Waals surface area contributed by atoms with Crippen LogP contribution in [0.5, 0.6) is 11.5 Å². The lowest BCUT2D eigenvalue weighted by atomic mass is 10.2. The minimum absolute atomic E-state index is 0.457. The van der Waals surface area contributed by atoms with Gasteiger partial charge in [0.1, 0.15) is 17.7 Å². The van der Waals surface area contributed by atoms with Crippen LogP contribution in [0.25, 0.3) is 0 Å². The van der Waals surface area contributed by atoms with Crippen molar-refractivity contribution in [1.82, 2.24) is 0 Å². The average molecular weight is 224 g/mol. The van der Waals surface area contributed by atoms with E-state index in [0.717, 1.165) is 6.21 Å². The van der Waals surface area contributed by atoms with Gasteiger partial charge in [0.05, 0.1) is 19.9 Å². The molecule has 1 amide bonds. The molecule has 0 aromatic heterocycles. The summed E-state index contributed by atoms with van der Waals surface area (Å²) < 4.78 is 10.1. The Bertz CT molecular complexity index is 404. The first-order valence-corrected chi connectivity index (χ1v) is 4.41. The molecule has 1 aromatic rings. The molecule has 0 unspecified atom stereocenters. The molecule has 0 aliphatic rings. The molecule has 0 heterocycles. The van der Waals surface area contributed by atoms with Crippen molar-refractivity contribution in [3.05, 3.63) is 18.2 Å². The van der Waals surface area contributed by atoms with Gasteiger partial charge in [-0.05, 0) is 12.1 Å². The van der Waals surface area contributed by atoms with Gasteiger partial charge in [-0.3, -0.25) is 4.79 Å². The lowest BCUT2D eigenvalue weighted by Gasteiger charge is -2.09. The molecular formula is C10H12N2O4. The van der Waals surface area contributed by atoms with Crippen LogP contribution in [-0.4, -0.2) is 31.5 Å². The van der Waals surface area contributed by atoms with E-state index in [1.165, 1.54) is 14.2 Å². The number of methoxy groups -OCH3 is 2. The van der Waals surface area contributed by atoms with Gasteiger partial charge in [-0.25, -0.2) is 0 Å². The molecule has 6 nitrogen and oxygen atoms in total. The minimum Gasteiger partial charge on any atom is -0.497 e. The SMILES string of the molecule is COc1ccc(NC(=O)C=NO)c(OC)c1. The largest absolute Gasteiger partial charge is 0.497 e. The molecule has 0 spiro atoms. The van der Waals surface area contributed by atoms with Crippen molar-refractivity contribution in [3.63, 3.8) is 0 Å². The van der Waals surface area contributed by atoms with E-state index >= 15 is 0 Å². The average Bonchev–Trinajstić information content (AvgIpc) is 2.30. The maximum Gasteiger partial charge on any atom is 0.270 e. The Morgan fingerprint density at radius 3 is 2.75 bits per heavy atom. The first-order valence-electron chi connectivity index (χ1n) is 4.41. The number of rotatable bonds is 4. The first-order chi connectivity index (χ1) is 7.71. The number of anilines is 1. The topological polar surface area (TPSA) is 80.2 Å². The highest BCUT2D eigenvalue weighted by Gasteiger charge is 2.07. The predicted molar refractivity (Wildman–Crippen MR) is 58.5 cm³/mol. The van der Waals surface area contributed by atoms with Crippen molar-refractivity contribution in [3.8, 4) is 11.5 Å². The van der Waals surface area contributed by atoms with Crippen LogP contribution in [0.4, 0.5) is 5.69 Å². The number of carbonyl (C=O) groups is 1. The van der Waals surface area contributed by atoms with Crippen molar-refractivity contribution < 1.29 is 19.5 Å². The van der Waals surface area contributed by atoms with Crippen LogP contribution in [-0.2, 0) is 4.79 Å². The van der Waals surface area contributed by atoms with Crippen LogP contribution in [0.1, 0.15) is 0 Å². The number of nitrogens with zero attached hydrogens (tertiary/aromatic N) is 1. The molecule has 6 heteroatoms. The van der Waals surface area contributed by atoms with E-state index in [4.69, 9.17) is 14.7 Å². The van der Waals surface area contributed by atoms with Gasteiger partial charge in [0, 0.05) is 6.07 Å². The molecular weight excluding hydrogens is 212 g/mol. The quantitative estimate of drug-likeness (QED) is 0.456. The fourth-order valence-electron chi connectivity index (χ4n) is 1.12. The van der Waals surface area contributed by atoms with E-state index in [-0.39, 0.29) is 0 Å². The van der Waals surface area contributed by atoms with E-state index in [0.29, 0.717) is 17.2 Å². The molecule has 0 fully saturated rings. The van der Waals surface area contributed by atoms with Gasteiger partial charge in [0.25, 0.3) is 5.91 Å². The number of carbonyl (C=O) groups excluding carboxylic acids is 1. The number of hydrogen-bond acceptors (Lipinski definition) is 5. The molecule has 0 saturated carbocycles. The van der Waals surface area contributed by atoms with Crippen molar-refractivity contribution in [1.29, 1.82) is 0 Å². The number of oxime groups is 1. The summed E-state index contributed by atoms with van der Waals surface area (Å²) in [5, 5.41) is 13.3. The Hall–Kier alpha value is -2.24. The van der Waals surface area contributed by atoms with E-state index in [9.17, 15) is 4.79 Å². The zero-order valence-electron chi connectivity index (χ0n) is 8.93. The van der Waals surface area contributed by atoms with Crippen molar-refractivity contribution in [2.24, 2.45) is 5.16 Å². The molecule has 0 atom stereocenters. The van der Waals surface area contributed by atoms with E-state index in [2.05, 4.69) is 10.5 Å². The summed E-state index contributed by atoms with van der Waals surface area (Å²) in [6, 6.07) is 4.93. The van der Waals surface area contributed by atoms with Crippen molar-refractivity contribution >= 4 is 17.8 Å². The third-order valence-electron chi connectivity index (χ3n) is 1.84. The van der Waals surface area contributed by atoms with Crippen LogP contribution < -0.4 is 14.8 Å². The zero-order chi connectivity index (χ0) is 12.0. The summed E-state index contributed by atoms with van der Waals surface area (Å²) in [5.41, 5.74) is 0.466. The highest BCUT2D eigenvalue weighted by atomic mass is 16.5. The van der Waals surface area contributed by atoms with E-state index < -0.39 is 5.91 Å². The Morgan fingerprint density at radius 2 is 2.19 bits per heavy atom. The van der Waals surface area contributed by atoms with Crippen LogP contribution in [0.15, 0.2) is 23.4 Å². The third kappa shape index (κ3) is 2.88. The molecule has 1 rings (SSSR count). The van der Waals surface area contributed by atoms with Gasteiger partial charge in [-0.15, -0.1) is 0 Å². The molecule has 0 aliphatic carbocycles.